The van der Waals surface area contributed by atoms with Crippen LogP contribution in [0.5, 0.6) is 0 Å². The lowest BCUT2D eigenvalue weighted by Gasteiger charge is -2.23. The van der Waals surface area contributed by atoms with Gasteiger partial charge in [-0.2, -0.15) is 0 Å². The molecule has 1 rings (SSSR count). The maximum absolute atomic E-state index is 12.2. The molecule has 8 nitrogen and oxygen atoms in total. The Balaban J connectivity index is 2.43. The van der Waals surface area contributed by atoms with Crippen LogP contribution in [0.4, 0.5) is 4.79 Å². The van der Waals surface area contributed by atoms with Gasteiger partial charge in [-0.05, 0) is 44.7 Å². The van der Waals surface area contributed by atoms with Gasteiger partial charge >= 0.3 is 12.1 Å². The number of esters is 1. The van der Waals surface area contributed by atoms with E-state index < -0.39 is 31.4 Å². The summed E-state index contributed by atoms with van der Waals surface area (Å²) in [5.41, 5.74) is 0. The number of aliphatic hydroxyl groups is 2. The lowest BCUT2D eigenvalue weighted by Crippen LogP contribution is -2.36. The summed E-state index contributed by atoms with van der Waals surface area (Å²) in [6, 6.07) is 0. The molecule has 0 spiro atoms. The van der Waals surface area contributed by atoms with Gasteiger partial charge in [0.15, 0.2) is 0 Å². The zero-order valence-electron chi connectivity index (χ0n) is 17.4. The molecule has 0 aromatic rings. The zero-order chi connectivity index (χ0) is 20.8. The average Bonchev–Trinajstić information content (AvgIpc) is 3.21. The molecule has 28 heavy (non-hydrogen) atoms. The van der Waals surface area contributed by atoms with Gasteiger partial charge in [0, 0.05) is 19.5 Å². The van der Waals surface area contributed by atoms with Crippen molar-refractivity contribution in [1.29, 1.82) is 0 Å². The second-order valence-electron chi connectivity index (χ2n) is 7.44. The first kappa shape index (κ1) is 24.7. The van der Waals surface area contributed by atoms with Crippen molar-refractivity contribution >= 4 is 12.1 Å². The van der Waals surface area contributed by atoms with Crippen molar-refractivity contribution < 1.29 is 29.3 Å². The lowest BCUT2D eigenvalue weighted by molar-refractivity contribution is -0.154. The van der Waals surface area contributed by atoms with E-state index in [4.69, 9.17) is 19.7 Å². The van der Waals surface area contributed by atoms with Crippen LogP contribution in [-0.2, 0) is 14.3 Å². The molecule has 1 fully saturated rings. The number of amides is 1. The van der Waals surface area contributed by atoms with Gasteiger partial charge in [0.05, 0.1) is 13.2 Å². The van der Waals surface area contributed by atoms with Gasteiger partial charge in [-0.15, -0.1) is 0 Å². The van der Waals surface area contributed by atoms with Crippen LogP contribution < -0.4 is 5.32 Å². The number of hydrogen-bond acceptors (Lipinski definition) is 7. The summed E-state index contributed by atoms with van der Waals surface area (Å²) < 4.78 is 10.6. The van der Waals surface area contributed by atoms with Crippen LogP contribution in [0, 0.1) is 5.92 Å². The van der Waals surface area contributed by atoms with Crippen molar-refractivity contribution in [2.75, 3.05) is 39.4 Å². The predicted molar refractivity (Wildman–Crippen MR) is 106 cm³/mol. The lowest BCUT2D eigenvalue weighted by atomic mass is 9.94. The number of carbonyl (C=O) groups excluding carboxylic acids is 2. The molecular formula is C20H38N2O6. The number of aliphatic hydroxyl groups excluding tert-OH is 2. The molecule has 0 bridgehead atoms. The van der Waals surface area contributed by atoms with E-state index in [2.05, 4.69) is 24.1 Å². The van der Waals surface area contributed by atoms with Gasteiger partial charge < -0.3 is 29.9 Å². The van der Waals surface area contributed by atoms with Crippen molar-refractivity contribution in [2.24, 2.45) is 5.92 Å². The van der Waals surface area contributed by atoms with Crippen LogP contribution >= 0.6 is 0 Å². The van der Waals surface area contributed by atoms with Crippen molar-refractivity contribution in [1.82, 2.24) is 10.2 Å². The topological polar surface area (TPSA) is 108 Å². The number of likely N-dealkylation sites (tertiary alicyclic amines) is 1. The maximum atomic E-state index is 12.2. The Labute approximate surface area is 168 Å². The standard InChI is InChI=1S/C20H38N2O6/c1-3-16(4-2)13-17(7-8-19(25)27-18(14-23)15-24)28-20(26)21-9-12-22-10-5-6-11-22/h16-18,23-24H,3-15H2,1-2H3,(H,21,26). The summed E-state index contributed by atoms with van der Waals surface area (Å²) in [5, 5.41) is 20.8. The van der Waals surface area contributed by atoms with Crippen molar-refractivity contribution in [3.05, 3.63) is 0 Å². The second kappa shape index (κ2) is 14.6. The first-order valence-electron chi connectivity index (χ1n) is 10.6. The summed E-state index contributed by atoms with van der Waals surface area (Å²) in [5.74, 6) is -0.0956. The van der Waals surface area contributed by atoms with E-state index >= 15 is 0 Å². The number of rotatable bonds is 14. The molecule has 0 aromatic heterocycles. The van der Waals surface area contributed by atoms with Crippen LogP contribution in [0.2, 0.25) is 0 Å². The molecule has 1 amide bonds. The van der Waals surface area contributed by atoms with Crippen molar-refractivity contribution in [3.8, 4) is 0 Å². The largest absolute Gasteiger partial charge is 0.457 e. The van der Waals surface area contributed by atoms with E-state index in [9.17, 15) is 9.59 Å². The Morgan fingerprint density at radius 1 is 1.04 bits per heavy atom. The van der Waals surface area contributed by atoms with E-state index in [1.165, 1.54) is 12.8 Å². The number of carbonyl (C=O) groups is 2. The molecule has 0 radical (unpaired) electrons. The highest BCUT2D eigenvalue weighted by Gasteiger charge is 2.21. The fourth-order valence-electron chi connectivity index (χ4n) is 3.39. The van der Waals surface area contributed by atoms with Gasteiger partial charge in [0.2, 0.25) is 0 Å². The fourth-order valence-corrected chi connectivity index (χ4v) is 3.39. The van der Waals surface area contributed by atoms with Crippen LogP contribution in [0.3, 0.4) is 0 Å². The Morgan fingerprint density at radius 3 is 2.25 bits per heavy atom. The van der Waals surface area contributed by atoms with Crippen molar-refractivity contribution in [3.63, 3.8) is 0 Å². The first-order chi connectivity index (χ1) is 13.5. The average molecular weight is 403 g/mol. The fraction of sp³-hybridized carbons (Fsp3) is 0.900. The van der Waals surface area contributed by atoms with Crippen LogP contribution in [0.15, 0.2) is 0 Å². The van der Waals surface area contributed by atoms with E-state index in [1.54, 1.807) is 0 Å². The molecule has 1 unspecified atom stereocenters. The van der Waals surface area contributed by atoms with Gasteiger partial charge in [-0.3, -0.25) is 4.79 Å². The molecule has 0 saturated carbocycles. The maximum Gasteiger partial charge on any atom is 0.407 e. The highest BCUT2D eigenvalue weighted by molar-refractivity contribution is 5.70. The Morgan fingerprint density at radius 2 is 1.68 bits per heavy atom. The highest BCUT2D eigenvalue weighted by Crippen LogP contribution is 2.20. The minimum atomic E-state index is -0.903. The van der Waals surface area contributed by atoms with Gasteiger partial charge in [-0.1, -0.05) is 26.7 Å². The highest BCUT2D eigenvalue weighted by atomic mass is 16.6. The third kappa shape index (κ3) is 10.2. The number of alkyl carbamates (subject to hydrolysis) is 1. The van der Waals surface area contributed by atoms with E-state index in [1.807, 2.05) is 0 Å². The summed E-state index contributed by atoms with van der Waals surface area (Å²) in [7, 11) is 0. The smallest absolute Gasteiger partial charge is 0.407 e. The van der Waals surface area contributed by atoms with E-state index in [0.717, 1.165) is 32.5 Å². The Kier molecular flexibility index (Phi) is 12.9. The quantitative estimate of drug-likeness (QED) is 0.379. The third-order valence-corrected chi connectivity index (χ3v) is 5.30. The van der Waals surface area contributed by atoms with Gasteiger partial charge in [0.1, 0.15) is 12.2 Å². The monoisotopic (exact) mass is 402 g/mol. The molecule has 1 saturated heterocycles. The van der Waals surface area contributed by atoms with Gasteiger partial charge in [-0.25, -0.2) is 4.79 Å². The van der Waals surface area contributed by atoms with Crippen LogP contribution in [0.25, 0.3) is 0 Å². The van der Waals surface area contributed by atoms with E-state index in [0.29, 0.717) is 25.3 Å². The Bertz CT molecular complexity index is 434. The minimum absolute atomic E-state index is 0.0718. The molecule has 1 atom stereocenters. The molecule has 1 aliphatic heterocycles. The summed E-state index contributed by atoms with van der Waals surface area (Å²) in [6.45, 7) is 6.89. The number of nitrogens with zero attached hydrogens (tertiary/aromatic N) is 1. The van der Waals surface area contributed by atoms with Gasteiger partial charge in [0.25, 0.3) is 0 Å². The SMILES string of the molecule is CCC(CC)CC(CCC(=O)OC(CO)CO)OC(=O)NCCN1CCCC1. The number of ether oxygens (including phenoxy) is 2. The number of hydrogen-bond donors (Lipinski definition) is 3. The molecule has 0 aliphatic carbocycles. The van der Waals surface area contributed by atoms with Crippen molar-refractivity contribution in [2.45, 2.75) is 71.0 Å². The van der Waals surface area contributed by atoms with Crippen LogP contribution in [-0.4, -0.2) is 78.8 Å². The molecule has 1 heterocycles. The molecule has 1 aliphatic rings. The predicted octanol–water partition coefficient (Wildman–Crippen LogP) is 1.68. The third-order valence-electron chi connectivity index (χ3n) is 5.30. The normalized spacial score (nSPS) is 15.8. The number of nitrogens with one attached hydrogen (secondary N) is 1. The minimum Gasteiger partial charge on any atom is -0.457 e. The molecular weight excluding hydrogens is 364 g/mol. The zero-order valence-corrected chi connectivity index (χ0v) is 17.4. The first-order valence-corrected chi connectivity index (χ1v) is 10.6. The Hall–Kier alpha value is -1.38. The molecule has 0 aromatic carbocycles. The van der Waals surface area contributed by atoms with E-state index in [-0.39, 0.29) is 12.5 Å². The summed E-state index contributed by atoms with van der Waals surface area (Å²) in [6.07, 6.45) is 3.79. The molecule has 164 valence electrons. The molecule has 3 N–H and O–H groups in total. The van der Waals surface area contributed by atoms with Crippen LogP contribution in [0.1, 0.15) is 58.8 Å². The molecule has 8 heteroatoms. The second-order valence-corrected chi connectivity index (χ2v) is 7.44. The summed E-state index contributed by atoms with van der Waals surface area (Å²) in [4.78, 5) is 26.4. The summed E-state index contributed by atoms with van der Waals surface area (Å²) >= 11 is 0.